The quantitative estimate of drug-likeness (QED) is 0.571. The molecule has 1 aliphatic carbocycles. The smallest absolute Gasteiger partial charge is 0.366 e. The highest BCUT2D eigenvalue weighted by Crippen LogP contribution is 2.59. The number of ether oxygens (including phenoxy) is 1. The van der Waals surface area contributed by atoms with Gasteiger partial charge in [0.2, 0.25) is 5.83 Å². The molecule has 1 fully saturated rings. The zero-order valence-electron chi connectivity index (χ0n) is 8.78. The number of hydrogen-bond acceptors (Lipinski definition) is 3. The molecule has 84 valence electrons. The van der Waals surface area contributed by atoms with Gasteiger partial charge in [0, 0.05) is 0 Å². The molecule has 1 rings (SSSR count). The maximum absolute atomic E-state index is 13.1. The summed E-state index contributed by atoms with van der Waals surface area (Å²) in [5.74, 6) is -3.70. The topological polar surface area (TPSA) is 63.6 Å². The molecule has 3 unspecified atom stereocenters. The van der Waals surface area contributed by atoms with Gasteiger partial charge < -0.3 is 9.84 Å². The number of esters is 1. The van der Waals surface area contributed by atoms with E-state index in [-0.39, 0.29) is 5.92 Å². The predicted molar refractivity (Wildman–Crippen MR) is 49.6 cm³/mol. The van der Waals surface area contributed by atoms with Crippen molar-refractivity contribution in [3.63, 3.8) is 0 Å². The lowest BCUT2D eigenvalue weighted by Crippen LogP contribution is -2.14. The van der Waals surface area contributed by atoms with Gasteiger partial charge >= 0.3 is 11.9 Å². The summed E-state index contributed by atoms with van der Waals surface area (Å²) in [5, 5.41) is 8.89. The minimum Gasteiger partial charge on any atom is -0.481 e. The maximum Gasteiger partial charge on any atom is 0.366 e. The van der Waals surface area contributed by atoms with Crippen molar-refractivity contribution < 1.29 is 23.8 Å². The minimum atomic E-state index is -1.07. The number of halogens is 1. The standard InChI is InChI=1S/C10H13FO4/c1-5-6(10(5,2)9(13)14)4-7(11)8(12)15-3/h4-6H,1-3H3,(H,13,14). The van der Waals surface area contributed by atoms with Crippen LogP contribution in [0.25, 0.3) is 0 Å². The zero-order valence-corrected chi connectivity index (χ0v) is 8.78. The second-order valence-corrected chi connectivity index (χ2v) is 3.91. The van der Waals surface area contributed by atoms with Crippen molar-refractivity contribution in [1.82, 2.24) is 0 Å². The van der Waals surface area contributed by atoms with Crippen molar-refractivity contribution in [3.05, 3.63) is 11.9 Å². The van der Waals surface area contributed by atoms with Crippen molar-refractivity contribution >= 4 is 11.9 Å². The van der Waals surface area contributed by atoms with E-state index in [0.717, 1.165) is 13.2 Å². The Hall–Kier alpha value is -1.39. The predicted octanol–water partition coefficient (Wildman–Crippen LogP) is 1.37. The Bertz CT molecular complexity index is 336. The van der Waals surface area contributed by atoms with Crippen LogP contribution in [0.15, 0.2) is 11.9 Å². The van der Waals surface area contributed by atoms with Crippen molar-refractivity contribution in [1.29, 1.82) is 0 Å². The van der Waals surface area contributed by atoms with Crippen LogP contribution in [0.2, 0.25) is 0 Å². The Morgan fingerprint density at radius 3 is 2.40 bits per heavy atom. The van der Waals surface area contributed by atoms with Crippen molar-refractivity contribution in [2.24, 2.45) is 17.3 Å². The fraction of sp³-hybridized carbons (Fsp3) is 0.600. The van der Waals surface area contributed by atoms with Gasteiger partial charge in [0.15, 0.2) is 0 Å². The van der Waals surface area contributed by atoms with E-state index in [1.165, 1.54) is 6.92 Å². The van der Waals surface area contributed by atoms with E-state index in [9.17, 15) is 14.0 Å². The largest absolute Gasteiger partial charge is 0.481 e. The fourth-order valence-electron chi connectivity index (χ4n) is 1.75. The highest BCUT2D eigenvalue weighted by molar-refractivity contribution is 5.87. The maximum atomic E-state index is 13.1. The molecule has 5 heteroatoms. The Labute approximate surface area is 86.7 Å². The Kier molecular flexibility index (Phi) is 2.83. The number of carboxylic acid groups (broad SMARTS) is 1. The van der Waals surface area contributed by atoms with Crippen LogP contribution < -0.4 is 0 Å². The number of carboxylic acids is 1. The summed E-state index contributed by atoms with van der Waals surface area (Å²) in [7, 11) is 1.07. The summed E-state index contributed by atoms with van der Waals surface area (Å²) in [4.78, 5) is 21.6. The average Bonchev–Trinajstić information content (AvgIpc) is 2.71. The van der Waals surface area contributed by atoms with Gasteiger partial charge in [-0.25, -0.2) is 4.79 Å². The van der Waals surface area contributed by atoms with Gasteiger partial charge in [-0.2, -0.15) is 4.39 Å². The number of carbonyl (C=O) groups is 2. The molecule has 0 saturated heterocycles. The molecule has 1 saturated carbocycles. The van der Waals surface area contributed by atoms with E-state index in [1.54, 1.807) is 6.92 Å². The third-order valence-corrected chi connectivity index (χ3v) is 3.24. The van der Waals surface area contributed by atoms with Gasteiger partial charge in [0.25, 0.3) is 0 Å². The lowest BCUT2D eigenvalue weighted by atomic mass is 10.1. The van der Waals surface area contributed by atoms with Gasteiger partial charge in [-0.05, 0) is 24.8 Å². The highest BCUT2D eigenvalue weighted by Gasteiger charge is 2.63. The Morgan fingerprint density at radius 2 is 2.07 bits per heavy atom. The molecule has 1 aliphatic rings. The van der Waals surface area contributed by atoms with Crippen LogP contribution in [0.3, 0.4) is 0 Å². The molecule has 0 aromatic heterocycles. The lowest BCUT2D eigenvalue weighted by Gasteiger charge is -2.01. The highest BCUT2D eigenvalue weighted by atomic mass is 19.1. The van der Waals surface area contributed by atoms with Gasteiger partial charge in [0.05, 0.1) is 12.5 Å². The number of hydrogen-bond donors (Lipinski definition) is 1. The molecule has 0 aromatic carbocycles. The van der Waals surface area contributed by atoms with E-state index in [1.807, 2.05) is 0 Å². The third kappa shape index (κ3) is 1.73. The van der Waals surface area contributed by atoms with E-state index in [4.69, 9.17) is 5.11 Å². The molecule has 0 aliphatic heterocycles. The fourth-order valence-corrected chi connectivity index (χ4v) is 1.75. The first-order valence-electron chi connectivity index (χ1n) is 4.54. The van der Waals surface area contributed by atoms with E-state index < -0.39 is 29.1 Å². The van der Waals surface area contributed by atoms with Crippen LogP contribution in [0.1, 0.15) is 13.8 Å². The van der Waals surface area contributed by atoms with E-state index in [0.29, 0.717) is 0 Å². The second-order valence-electron chi connectivity index (χ2n) is 3.91. The molecular formula is C10H13FO4. The first-order chi connectivity index (χ1) is 6.85. The molecular weight excluding hydrogens is 203 g/mol. The number of methoxy groups -OCH3 is 1. The van der Waals surface area contributed by atoms with Crippen LogP contribution in [0, 0.1) is 17.3 Å². The summed E-state index contributed by atoms with van der Waals surface area (Å²) >= 11 is 0. The van der Waals surface area contributed by atoms with E-state index >= 15 is 0 Å². The lowest BCUT2D eigenvalue weighted by molar-refractivity contribution is -0.143. The number of rotatable bonds is 3. The monoisotopic (exact) mass is 216 g/mol. The number of aliphatic carboxylic acids is 1. The molecule has 15 heavy (non-hydrogen) atoms. The van der Waals surface area contributed by atoms with Crippen molar-refractivity contribution in [2.45, 2.75) is 13.8 Å². The van der Waals surface area contributed by atoms with Crippen molar-refractivity contribution in [3.8, 4) is 0 Å². The summed E-state index contributed by atoms with van der Waals surface area (Å²) in [6.07, 6.45) is 1.03. The Morgan fingerprint density at radius 1 is 1.53 bits per heavy atom. The van der Waals surface area contributed by atoms with Crippen LogP contribution in [-0.2, 0) is 14.3 Å². The normalized spacial score (nSPS) is 34.8. The molecule has 4 nitrogen and oxygen atoms in total. The number of allylic oxidation sites excluding steroid dienone is 1. The molecule has 3 atom stereocenters. The van der Waals surface area contributed by atoms with Crippen LogP contribution in [0.4, 0.5) is 4.39 Å². The van der Waals surface area contributed by atoms with Gasteiger partial charge in [-0.1, -0.05) is 6.92 Å². The first-order valence-corrected chi connectivity index (χ1v) is 4.54. The van der Waals surface area contributed by atoms with E-state index in [2.05, 4.69) is 4.74 Å². The van der Waals surface area contributed by atoms with Crippen LogP contribution in [0.5, 0.6) is 0 Å². The summed E-state index contributed by atoms with van der Waals surface area (Å²) in [6.45, 7) is 3.24. The molecule has 0 spiro atoms. The number of carbonyl (C=O) groups excluding carboxylic acids is 1. The second kappa shape index (κ2) is 3.64. The molecule has 1 N–H and O–H groups in total. The van der Waals surface area contributed by atoms with Gasteiger partial charge in [0.1, 0.15) is 0 Å². The minimum absolute atomic E-state index is 0.176. The molecule has 0 amide bonds. The zero-order chi connectivity index (χ0) is 11.8. The summed E-state index contributed by atoms with van der Waals surface area (Å²) in [6, 6.07) is 0. The average molecular weight is 216 g/mol. The molecule has 0 aromatic rings. The summed E-state index contributed by atoms with van der Waals surface area (Å²) in [5.41, 5.74) is -0.967. The third-order valence-electron chi connectivity index (χ3n) is 3.24. The Balaban J connectivity index is 2.79. The van der Waals surface area contributed by atoms with Crippen LogP contribution in [-0.4, -0.2) is 24.2 Å². The van der Waals surface area contributed by atoms with Crippen molar-refractivity contribution in [2.75, 3.05) is 7.11 Å². The molecule has 0 radical (unpaired) electrons. The summed E-state index contributed by atoms with van der Waals surface area (Å²) < 4.78 is 17.2. The first kappa shape index (κ1) is 11.7. The molecule has 0 heterocycles. The van der Waals surface area contributed by atoms with Gasteiger partial charge in [-0.3, -0.25) is 4.79 Å². The SMILES string of the molecule is COC(=O)C(F)=CC1C(C)C1(C)C(=O)O. The molecule has 0 bridgehead atoms. The van der Waals surface area contributed by atoms with Gasteiger partial charge in [-0.15, -0.1) is 0 Å². The van der Waals surface area contributed by atoms with Crippen LogP contribution >= 0.6 is 0 Å².